The molecular weight excluding hydrogens is 364 g/mol. The van der Waals surface area contributed by atoms with E-state index < -0.39 is 10.0 Å². The van der Waals surface area contributed by atoms with Gasteiger partial charge in [0.25, 0.3) is 0 Å². The number of nitrogens with one attached hydrogen (secondary N) is 1. The lowest BCUT2D eigenvalue weighted by Crippen LogP contribution is -3.13. The van der Waals surface area contributed by atoms with Crippen LogP contribution in [0, 0.1) is 0 Å². The molecule has 0 radical (unpaired) electrons. The first-order valence-corrected chi connectivity index (χ1v) is 10.4. The summed E-state index contributed by atoms with van der Waals surface area (Å²) < 4.78 is 32.5. The second-order valence-electron chi connectivity index (χ2n) is 6.76. The first kappa shape index (κ1) is 19.5. The smallest absolute Gasteiger partial charge is 0.243 e. The molecule has 6 nitrogen and oxygen atoms in total. The Kier molecular flexibility index (Phi) is 5.94. The van der Waals surface area contributed by atoms with Crippen molar-refractivity contribution < 1.29 is 22.8 Å². The monoisotopic (exact) mass is 389 g/mol. The average molecular weight is 389 g/mol. The molecule has 144 valence electrons. The molecule has 1 fully saturated rings. The highest BCUT2D eigenvalue weighted by Gasteiger charge is 2.30. The van der Waals surface area contributed by atoms with Crippen molar-refractivity contribution >= 4 is 15.8 Å². The number of hydrogen-bond donors (Lipinski definition) is 1. The quantitative estimate of drug-likeness (QED) is 0.748. The Balaban J connectivity index is 1.63. The van der Waals surface area contributed by atoms with Crippen LogP contribution >= 0.6 is 0 Å². The molecule has 0 amide bonds. The molecule has 0 saturated carbocycles. The highest BCUT2D eigenvalue weighted by atomic mass is 32.2. The molecule has 2 aromatic rings. The van der Waals surface area contributed by atoms with Gasteiger partial charge in [-0.3, -0.25) is 4.79 Å². The molecule has 0 aromatic heterocycles. The number of quaternary nitrogens is 1. The lowest BCUT2D eigenvalue weighted by atomic mass is 10.2. The van der Waals surface area contributed by atoms with Gasteiger partial charge < -0.3 is 9.64 Å². The van der Waals surface area contributed by atoms with Crippen molar-refractivity contribution in [2.24, 2.45) is 0 Å². The molecule has 2 aromatic carbocycles. The van der Waals surface area contributed by atoms with Crippen LogP contribution in [0.2, 0.25) is 0 Å². The van der Waals surface area contributed by atoms with E-state index in [0.717, 1.165) is 25.4 Å². The third-order valence-corrected chi connectivity index (χ3v) is 6.83. The Bertz CT molecular complexity index is 902. The van der Waals surface area contributed by atoms with Crippen molar-refractivity contribution in [3.63, 3.8) is 0 Å². The Morgan fingerprint density at radius 2 is 1.78 bits per heavy atom. The van der Waals surface area contributed by atoms with Gasteiger partial charge in [0.15, 0.2) is 5.78 Å². The van der Waals surface area contributed by atoms with Crippen LogP contribution in [-0.4, -0.2) is 51.8 Å². The van der Waals surface area contributed by atoms with Crippen LogP contribution in [0.5, 0.6) is 5.75 Å². The fourth-order valence-electron chi connectivity index (χ4n) is 3.30. The zero-order chi connectivity index (χ0) is 19.4. The van der Waals surface area contributed by atoms with Crippen LogP contribution in [-0.2, 0) is 16.6 Å². The van der Waals surface area contributed by atoms with E-state index in [-0.39, 0.29) is 10.7 Å². The van der Waals surface area contributed by atoms with Crippen molar-refractivity contribution in [3.05, 3.63) is 59.7 Å². The van der Waals surface area contributed by atoms with Gasteiger partial charge in [0, 0.05) is 11.1 Å². The summed E-state index contributed by atoms with van der Waals surface area (Å²) in [6.45, 7) is 4.78. The number of sulfonamides is 1. The van der Waals surface area contributed by atoms with Gasteiger partial charge in [0.05, 0.1) is 38.2 Å². The van der Waals surface area contributed by atoms with Crippen molar-refractivity contribution in [1.82, 2.24) is 4.31 Å². The fourth-order valence-corrected chi connectivity index (χ4v) is 4.74. The second kappa shape index (κ2) is 8.21. The number of piperazine rings is 1. The molecule has 7 heteroatoms. The van der Waals surface area contributed by atoms with E-state index in [1.165, 1.54) is 33.8 Å². The Labute approximate surface area is 160 Å². The minimum atomic E-state index is -3.52. The number of carbonyl (C=O) groups is 1. The van der Waals surface area contributed by atoms with E-state index in [1.54, 1.807) is 19.2 Å². The zero-order valence-corrected chi connectivity index (χ0v) is 16.5. The molecule has 0 spiro atoms. The summed E-state index contributed by atoms with van der Waals surface area (Å²) in [7, 11) is -1.87. The molecular formula is C20H25N2O4S+. The van der Waals surface area contributed by atoms with E-state index in [4.69, 9.17) is 4.74 Å². The zero-order valence-electron chi connectivity index (χ0n) is 15.6. The molecule has 1 heterocycles. The van der Waals surface area contributed by atoms with Crippen LogP contribution in [0.25, 0.3) is 0 Å². The first-order chi connectivity index (χ1) is 12.9. The maximum absolute atomic E-state index is 12.8. The highest BCUT2D eigenvalue weighted by molar-refractivity contribution is 7.89. The molecule has 3 rings (SSSR count). The van der Waals surface area contributed by atoms with E-state index in [2.05, 4.69) is 6.07 Å². The topological polar surface area (TPSA) is 68.1 Å². The summed E-state index contributed by atoms with van der Waals surface area (Å²) in [6, 6.07) is 14.1. The molecule has 1 N–H and O–H groups in total. The number of ketones is 1. The predicted octanol–water partition coefficient (Wildman–Crippen LogP) is 0.987. The predicted molar refractivity (Wildman–Crippen MR) is 103 cm³/mol. The lowest BCUT2D eigenvalue weighted by Gasteiger charge is -2.31. The third kappa shape index (κ3) is 4.55. The van der Waals surface area contributed by atoms with Gasteiger partial charge in [-0.25, -0.2) is 8.42 Å². The molecule has 27 heavy (non-hydrogen) atoms. The number of methoxy groups -OCH3 is 1. The summed E-state index contributed by atoms with van der Waals surface area (Å²) in [6.07, 6.45) is 0. The van der Waals surface area contributed by atoms with Crippen LogP contribution < -0.4 is 9.64 Å². The van der Waals surface area contributed by atoms with Crippen LogP contribution in [0.4, 0.5) is 0 Å². The number of benzene rings is 2. The largest absolute Gasteiger partial charge is 0.497 e. The Hall–Kier alpha value is -2.22. The number of carbonyl (C=O) groups excluding carboxylic acids is 1. The molecule has 1 aliphatic rings. The number of rotatable bonds is 6. The van der Waals surface area contributed by atoms with Gasteiger partial charge >= 0.3 is 0 Å². The fraction of sp³-hybridized carbons (Fsp3) is 0.350. The van der Waals surface area contributed by atoms with Crippen LogP contribution in [0.1, 0.15) is 22.8 Å². The van der Waals surface area contributed by atoms with Crippen molar-refractivity contribution in [2.45, 2.75) is 18.4 Å². The molecule has 0 bridgehead atoms. The lowest BCUT2D eigenvalue weighted by molar-refractivity contribution is -0.917. The normalized spacial score (nSPS) is 16.2. The maximum Gasteiger partial charge on any atom is 0.243 e. The van der Waals surface area contributed by atoms with E-state index >= 15 is 0 Å². The number of ether oxygens (including phenoxy) is 1. The van der Waals surface area contributed by atoms with Gasteiger partial charge in [-0.05, 0) is 31.2 Å². The Morgan fingerprint density at radius 1 is 1.11 bits per heavy atom. The highest BCUT2D eigenvalue weighted by Crippen LogP contribution is 2.17. The summed E-state index contributed by atoms with van der Waals surface area (Å²) in [5.41, 5.74) is 1.70. The average Bonchev–Trinajstić information content (AvgIpc) is 2.68. The second-order valence-corrected chi connectivity index (χ2v) is 8.70. The van der Waals surface area contributed by atoms with Crippen LogP contribution in [0.15, 0.2) is 53.4 Å². The SMILES string of the molecule is COc1cccc(C[NH+]2CCN(S(=O)(=O)c3ccc(C(C)=O)cc3)CC2)c1. The van der Waals surface area contributed by atoms with Crippen molar-refractivity contribution in [3.8, 4) is 5.75 Å². The van der Waals surface area contributed by atoms with Gasteiger partial charge in [-0.2, -0.15) is 4.31 Å². The maximum atomic E-state index is 12.8. The first-order valence-electron chi connectivity index (χ1n) is 8.98. The molecule has 0 unspecified atom stereocenters. The number of nitrogens with zero attached hydrogens (tertiary/aromatic N) is 1. The molecule has 1 saturated heterocycles. The summed E-state index contributed by atoms with van der Waals surface area (Å²) in [5, 5.41) is 0. The standard InChI is InChI=1S/C20H24N2O4S/c1-16(23)18-6-8-20(9-7-18)27(24,25)22-12-10-21(11-13-22)15-17-4-3-5-19(14-17)26-2/h3-9,14H,10-13,15H2,1-2H3/p+1. The van der Waals surface area contributed by atoms with E-state index in [1.807, 2.05) is 18.2 Å². The van der Waals surface area contributed by atoms with Gasteiger partial charge in [-0.1, -0.05) is 24.3 Å². The van der Waals surface area contributed by atoms with E-state index in [9.17, 15) is 13.2 Å². The molecule has 0 atom stereocenters. The van der Waals surface area contributed by atoms with Crippen molar-refractivity contribution in [1.29, 1.82) is 0 Å². The summed E-state index contributed by atoms with van der Waals surface area (Å²) >= 11 is 0. The number of Topliss-reactive ketones (excluding diaryl/α,β-unsaturated/α-hetero) is 1. The molecule has 0 aliphatic carbocycles. The summed E-state index contributed by atoms with van der Waals surface area (Å²) in [5.74, 6) is 0.760. The summed E-state index contributed by atoms with van der Waals surface area (Å²) in [4.78, 5) is 13.0. The van der Waals surface area contributed by atoms with Crippen molar-refractivity contribution in [2.75, 3.05) is 33.3 Å². The van der Waals surface area contributed by atoms with Crippen LogP contribution in [0.3, 0.4) is 0 Å². The minimum absolute atomic E-state index is 0.0753. The van der Waals surface area contributed by atoms with E-state index in [0.29, 0.717) is 18.7 Å². The molecule has 1 aliphatic heterocycles. The minimum Gasteiger partial charge on any atom is -0.497 e. The number of hydrogen-bond acceptors (Lipinski definition) is 4. The van der Waals surface area contributed by atoms with Gasteiger partial charge in [0.1, 0.15) is 12.3 Å². The van der Waals surface area contributed by atoms with Gasteiger partial charge in [0.2, 0.25) is 10.0 Å². The third-order valence-electron chi connectivity index (χ3n) is 4.92. The van der Waals surface area contributed by atoms with Gasteiger partial charge in [-0.15, -0.1) is 0 Å². The Morgan fingerprint density at radius 3 is 2.37 bits per heavy atom.